The average Bonchev–Trinajstić information content (AvgIpc) is 2.44. The first-order valence-corrected chi connectivity index (χ1v) is 9.66. The van der Waals surface area contributed by atoms with Crippen molar-refractivity contribution in [2.75, 3.05) is 25.1 Å². The first kappa shape index (κ1) is 16.8. The van der Waals surface area contributed by atoms with E-state index >= 15 is 0 Å². The maximum Gasteiger partial charge on any atom is 0.317 e. The number of urea groups is 1. The highest BCUT2D eigenvalue weighted by molar-refractivity contribution is 7.90. The van der Waals surface area contributed by atoms with Crippen LogP contribution in [-0.2, 0) is 16.4 Å². The second-order valence-electron chi connectivity index (χ2n) is 6.13. The van der Waals surface area contributed by atoms with Crippen molar-refractivity contribution in [2.24, 2.45) is 5.92 Å². The van der Waals surface area contributed by atoms with Gasteiger partial charge in [-0.2, -0.15) is 0 Å². The number of amides is 2. The van der Waals surface area contributed by atoms with Gasteiger partial charge >= 0.3 is 6.03 Å². The van der Waals surface area contributed by atoms with Crippen molar-refractivity contribution in [1.82, 2.24) is 10.2 Å². The molecule has 0 spiro atoms. The molecule has 1 saturated heterocycles. The number of nitrogens with one attached hydrogen (secondary N) is 1. The highest BCUT2D eigenvalue weighted by Crippen LogP contribution is 2.18. The summed E-state index contributed by atoms with van der Waals surface area (Å²) in [5, 5.41) is 2.93. The van der Waals surface area contributed by atoms with Gasteiger partial charge in [0.05, 0.1) is 5.75 Å². The van der Waals surface area contributed by atoms with Gasteiger partial charge in [-0.15, -0.1) is 0 Å². The molecule has 0 unspecified atom stereocenters. The summed E-state index contributed by atoms with van der Waals surface area (Å²) in [6, 6.07) is 7.84. The summed E-state index contributed by atoms with van der Waals surface area (Å²) in [5.74, 6) is 0.210. The van der Waals surface area contributed by atoms with E-state index in [4.69, 9.17) is 0 Å². The lowest BCUT2D eigenvalue weighted by molar-refractivity contribution is 0.170. The number of hydrogen-bond donors (Lipinski definition) is 1. The van der Waals surface area contributed by atoms with E-state index in [1.807, 2.05) is 31.2 Å². The average molecular weight is 324 g/mol. The zero-order valence-corrected chi connectivity index (χ0v) is 14.0. The van der Waals surface area contributed by atoms with Crippen LogP contribution in [0.1, 0.15) is 24.0 Å². The molecule has 1 aromatic carbocycles. The van der Waals surface area contributed by atoms with E-state index in [0.717, 1.165) is 24.0 Å². The first-order valence-electron chi connectivity index (χ1n) is 7.60. The van der Waals surface area contributed by atoms with E-state index in [2.05, 4.69) is 5.32 Å². The van der Waals surface area contributed by atoms with Crippen LogP contribution in [0.4, 0.5) is 4.79 Å². The second-order valence-corrected chi connectivity index (χ2v) is 8.32. The summed E-state index contributed by atoms with van der Waals surface area (Å²) < 4.78 is 22.8. The van der Waals surface area contributed by atoms with Gasteiger partial charge in [0.2, 0.25) is 0 Å². The number of piperidine rings is 1. The van der Waals surface area contributed by atoms with Crippen molar-refractivity contribution < 1.29 is 13.2 Å². The Morgan fingerprint density at radius 1 is 1.36 bits per heavy atom. The molecule has 0 radical (unpaired) electrons. The predicted molar refractivity (Wildman–Crippen MR) is 87.4 cm³/mol. The van der Waals surface area contributed by atoms with Crippen molar-refractivity contribution in [3.8, 4) is 0 Å². The number of sulfone groups is 1. The van der Waals surface area contributed by atoms with Crippen molar-refractivity contribution in [3.63, 3.8) is 0 Å². The minimum absolute atomic E-state index is 0.0490. The van der Waals surface area contributed by atoms with Gasteiger partial charge in [-0.25, -0.2) is 13.2 Å². The molecule has 0 saturated carbocycles. The summed E-state index contributed by atoms with van der Waals surface area (Å²) in [6.45, 7) is 3.73. The molecule has 0 aliphatic carbocycles. The highest BCUT2D eigenvalue weighted by atomic mass is 32.2. The van der Waals surface area contributed by atoms with E-state index < -0.39 is 9.84 Å². The first-order chi connectivity index (χ1) is 10.3. The zero-order chi connectivity index (χ0) is 16.2. The number of carbonyl (C=O) groups excluding carboxylic acids is 1. The molecule has 1 N–H and O–H groups in total. The molecule has 22 heavy (non-hydrogen) atoms. The maximum absolute atomic E-state index is 12.3. The Bertz CT molecular complexity index is 628. The van der Waals surface area contributed by atoms with Gasteiger partial charge in [0.1, 0.15) is 9.84 Å². The fraction of sp³-hybridized carbons (Fsp3) is 0.562. The van der Waals surface area contributed by atoms with Crippen LogP contribution in [0.5, 0.6) is 0 Å². The predicted octanol–water partition coefficient (Wildman–Crippen LogP) is 1.96. The molecule has 2 amide bonds. The van der Waals surface area contributed by atoms with E-state index in [1.165, 1.54) is 6.26 Å². The number of likely N-dealkylation sites (tertiary alicyclic amines) is 1. The van der Waals surface area contributed by atoms with Crippen LogP contribution in [0, 0.1) is 12.8 Å². The van der Waals surface area contributed by atoms with Crippen molar-refractivity contribution in [3.05, 3.63) is 35.4 Å². The molecule has 2 rings (SSSR count). The molecular weight excluding hydrogens is 300 g/mol. The SMILES string of the molecule is Cc1ccccc1CNC(=O)N1CCC[C@@H](CS(C)(=O)=O)C1. The van der Waals surface area contributed by atoms with E-state index in [9.17, 15) is 13.2 Å². The summed E-state index contributed by atoms with van der Waals surface area (Å²) in [5.41, 5.74) is 2.25. The number of carbonyl (C=O) groups is 1. The topological polar surface area (TPSA) is 66.5 Å². The molecule has 1 aliphatic heterocycles. The normalized spacial score (nSPS) is 19.0. The molecule has 1 aliphatic rings. The van der Waals surface area contributed by atoms with Crippen LogP contribution >= 0.6 is 0 Å². The number of aryl methyl sites for hydroxylation is 1. The number of rotatable bonds is 4. The zero-order valence-electron chi connectivity index (χ0n) is 13.2. The Morgan fingerprint density at radius 2 is 2.09 bits per heavy atom. The lowest BCUT2D eigenvalue weighted by Gasteiger charge is -2.32. The molecule has 6 heteroatoms. The summed E-state index contributed by atoms with van der Waals surface area (Å²) in [7, 11) is -2.99. The molecule has 0 aromatic heterocycles. The van der Waals surface area contributed by atoms with Gasteiger partial charge in [-0.05, 0) is 36.8 Å². The standard InChI is InChI=1S/C16H24N2O3S/c1-13-6-3-4-8-15(13)10-17-16(19)18-9-5-7-14(11-18)12-22(2,20)21/h3-4,6,8,14H,5,7,9-12H2,1-2H3,(H,17,19)/t14-/m1/s1. The third-order valence-electron chi connectivity index (χ3n) is 4.04. The van der Waals surface area contributed by atoms with Gasteiger partial charge in [0, 0.05) is 25.9 Å². The van der Waals surface area contributed by atoms with E-state index in [1.54, 1.807) is 4.90 Å². The maximum atomic E-state index is 12.3. The van der Waals surface area contributed by atoms with Crippen LogP contribution in [0.25, 0.3) is 0 Å². The fourth-order valence-corrected chi connectivity index (χ4v) is 4.03. The third-order valence-corrected chi connectivity index (χ3v) is 5.11. The molecule has 1 atom stereocenters. The molecule has 1 heterocycles. The Hall–Kier alpha value is -1.56. The quantitative estimate of drug-likeness (QED) is 0.921. The Kier molecular flexibility index (Phi) is 5.45. The van der Waals surface area contributed by atoms with Crippen LogP contribution < -0.4 is 5.32 Å². The number of hydrogen-bond acceptors (Lipinski definition) is 3. The number of benzene rings is 1. The molecule has 1 aromatic rings. The minimum atomic E-state index is -2.99. The summed E-state index contributed by atoms with van der Waals surface area (Å²) >= 11 is 0. The highest BCUT2D eigenvalue weighted by Gasteiger charge is 2.25. The van der Waals surface area contributed by atoms with E-state index in [-0.39, 0.29) is 17.7 Å². The lowest BCUT2D eigenvalue weighted by atomic mass is 10.0. The Balaban J connectivity index is 1.88. The fourth-order valence-electron chi connectivity index (χ4n) is 2.90. The monoisotopic (exact) mass is 324 g/mol. The summed E-state index contributed by atoms with van der Waals surface area (Å²) in [4.78, 5) is 14.0. The van der Waals surface area contributed by atoms with Gasteiger partial charge in [-0.3, -0.25) is 0 Å². The Morgan fingerprint density at radius 3 is 2.77 bits per heavy atom. The second kappa shape index (κ2) is 7.13. The molecule has 1 fully saturated rings. The molecular formula is C16H24N2O3S. The summed E-state index contributed by atoms with van der Waals surface area (Å²) in [6.07, 6.45) is 2.98. The number of nitrogens with zero attached hydrogens (tertiary/aromatic N) is 1. The largest absolute Gasteiger partial charge is 0.334 e. The Labute approximate surface area is 132 Å². The van der Waals surface area contributed by atoms with Crippen molar-refractivity contribution >= 4 is 15.9 Å². The lowest BCUT2D eigenvalue weighted by Crippen LogP contribution is -2.46. The molecule has 5 nitrogen and oxygen atoms in total. The van der Waals surface area contributed by atoms with Gasteiger partial charge in [0.15, 0.2) is 0 Å². The van der Waals surface area contributed by atoms with Gasteiger partial charge in [0.25, 0.3) is 0 Å². The van der Waals surface area contributed by atoms with Crippen LogP contribution in [0.3, 0.4) is 0 Å². The molecule has 0 bridgehead atoms. The van der Waals surface area contributed by atoms with Gasteiger partial charge in [-0.1, -0.05) is 24.3 Å². The van der Waals surface area contributed by atoms with Crippen LogP contribution in [0.15, 0.2) is 24.3 Å². The van der Waals surface area contributed by atoms with Crippen molar-refractivity contribution in [2.45, 2.75) is 26.3 Å². The third kappa shape index (κ3) is 5.02. The smallest absolute Gasteiger partial charge is 0.317 e. The van der Waals surface area contributed by atoms with Gasteiger partial charge < -0.3 is 10.2 Å². The molecule has 122 valence electrons. The van der Waals surface area contributed by atoms with Crippen LogP contribution in [0.2, 0.25) is 0 Å². The van der Waals surface area contributed by atoms with Crippen LogP contribution in [-0.4, -0.2) is 44.4 Å². The van der Waals surface area contributed by atoms with Crippen molar-refractivity contribution in [1.29, 1.82) is 0 Å². The van der Waals surface area contributed by atoms with E-state index in [0.29, 0.717) is 19.6 Å². The minimum Gasteiger partial charge on any atom is -0.334 e.